The summed E-state index contributed by atoms with van der Waals surface area (Å²) < 4.78 is 1.89. The molecule has 0 aromatic carbocycles. The average molecular weight is 378 g/mol. The van der Waals surface area contributed by atoms with Crippen molar-refractivity contribution in [3.63, 3.8) is 0 Å². The molecule has 0 saturated carbocycles. The standard InChI is InChI=1S/C18H31N7S/c1-8-19-17(20-9-15-12-26-18(21-15)23(4)5)24(6)10-14-11-25(7)22-16(14)13(2)3/h11-13H,8-10H2,1-7H3,(H,19,20). The van der Waals surface area contributed by atoms with Crippen LogP contribution in [-0.2, 0) is 20.1 Å². The molecule has 0 spiro atoms. The van der Waals surface area contributed by atoms with Crippen LogP contribution in [0.4, 0.5) is 5.13 Å². The number of anilines is 1. The number of aliphatic imine (C=N–C) groups is 1. The first kappa shape index (κ1) is 20.2. The molecule has 0 radical (unpaired) electrons. The molecule has 2 aromatic rings. The lowest BCUT2D eigenvalue weighted by Gasteiger charge is -2.22. The van der Waals surface area contributed by atoms with E-state index < -0.39 is 0 Å². The van der Waals surface area contributed by atoms with Crippen LogP contribution < -0.4 is 10.2 Å². The second kappa shape index (κ2) is 9.02. The SMILES string of the molecule is CCNC(=NCc1csc(N(C)C)n1)N(C)Cc1cn(C)nc1C(C)C. The van der Waals surface area contributed by atoms with Crippen LogP contribution in [0.5, 0.6) is 0 Å². The van der Waals surface area contributed by atoms with Crippen LogP contribution in [0, 0.1) is 0 Å². The molecule has 0 atom stereocenters. The third kappa shape index (κ3) is 5.20. The van der Waals surface area contributed by atoms with Crippen molar-refractivity contribution >= 4 is 22.4 Å². The third-order valence-corrected chi connectivity index (χ3v) is 4.96. The minimum atomic E-state index is 0.401. The van der Waals surface area contributed by atoms with Gasteiger partial charge in [0, 0.05) is 58.4 Å². The lowest BCUT2D eigenvalue weighted by Crippen LogP contribution is -2.38. The summed E-state index contributed by atoms with van der Waals surface area (Å²) in [5, 5.41) is 11.0. The summed E-state index contributed by atoms with van der Waals surface area (Å²) in [6.07, 6.45) is 2.10. The highest BCUT2D eigenvalue weighted by Gasteiger charge is 2.15. The van der Waals surface area contributed by atoms with Crippen LogP contribution in [0.25, 0.3) is 0 Å². The van der Waals surface area contributed by atoms with Crippen molar-refractivity contribution in [3.05, 3.63) is 28.5 Å². The van der Waals surface area contributed by atoms with Crippen LogP contribution in [0.15, 0.2) is 16.6 Å². The second-order valence-corrected chi connectivity index (χ2v) is 7.75. The van der Waals surface area contributed by atoms with Crippen LogP contribution in [0.2, 0.25) is 0 Å². The first-order chi connectivity index (χ1) is 12.3. The van der Waals surface area contributed by atoms with Gasteiger partial charge in [-0.25, -0.2) is 9.98 Å². The Morgan fingerprint density at radius 1 is 1.35 bits per heavy atom. The lowest BCUT2D eigenvalue weighted by molar-refractivity contribution is 0.473. The topological polar surface area (TPSA) is 61.6 Å². The number of nitrogens with zero attached hydrogens (tertiary/aromatic N) is 6. The Hall–Kier alpha value is -2.09. The Morgan fingerprint density at radius 3 is 2.65 bits per heavy atom. The molecule has 8 heteroatoms. The highest BCUT2D eigenvalue weighted by Crippen LogP contribution is 2.20. The monoisotopic (exact) mass is 377 g/mol. The quantitative estimate of drug-likeness (QED) is 0.594. The summed E-state index contributed by atoms with van der Waals surface area (Å²) in [5.41, 5.74) is 3.37. The van der Waals surface area contributed by atoms with E-state index in [-0.39, 0.29) is 0 Å². The number of hydrogen-bond donors (Lipinski definition) is 1. The predicted octanol–water partition coefficient (Wildman–Crippen LogP) is 2.66. The van der Waals surface area contributed by atoms with Crippen LogP contribution in [0.3, 0.4) is 0 Å². The Kier molecular flexibility index (Phi) is 7.02. The molecule has 0 aliphatic rings. The molecule has 144 valence electrons. The van der Waals surface area contributed by atoms with Crippen molar-refractivity contribution < 1.29 is 0 Å². The van der Waals surface area contributed by atoms with E-state index in [9.17, 15) is 0 Å². The molecule has 0 aliphatic carbocycles. The summed E-state index contributed by atoms with van der Waals surface area (Å²) in [6.45, 7) is 8.60. The van der Waals surface area contributed by atoms with Crippen molar-refractivity contribution in [1.82, 2.24) is 25.0 Å². The predicted molar refractivity (Wildman–Crippen MR) is 110 cm³/mol. The molecule has 0 amide bonds. The molecule has 0 fully saturated rings. The number of guanidine groups is 1. The first-order valence-corrected chi connectivity index (χ1v) is 9.83. The number of nitrogens with one attached hydrogen (secondary N) is 1. The molecular formula is C18H31N7S. The molecule has 0 saturated heterocycles. The largest absolute Gasteiger partial charge is 0.357 e. The summed E-state index contributed by atoms with van der Waals surface area (Å²) in [7, 11) is 8.04. The van der Waals surface area contributed by atoms with Gasteiger partial charge in [0.2, 0.25) is 0 Å². The fraction of sp³-hybridized carbons (Fsp3) is 0.611. The molecule has 1 N–H and O–H groups in total. The molecule has 0 aliphatic heterocycles. The van der Waals surface area contributed by atoms with E-state index in [2.05, 4.69) is 59.7 Å². The van der Waals surface area contributed by atoms with Gasteiger partial charge in [-0.05, 0) is 12.8 Å². The van der Waals surface area contributed by atoms with Gasteiger partial charge >= 0.3 is 0 Å². The second-order valence-electron chi connectivity index (χ2n) is 6.91. The van der Waals surface area contributed by atoms with E-state index in [1.807, 2.05) is 30.7 Å². The maximum absolute atomic E-state index is 4.76. The number of hydrogen-bond acceptors (Lipinski definition) is 5. The fourth-order valence-electron chi connectivity index (χ4n) is 2.69. The Morgan fingerprint density at radius 2 is 2.08 bits per heavy atom. The smallest absolute Gasteiger partial charge is 0.194 e. The normalized spacial score (nSPS) is 11.9. The Bertz CT molecular complexity index is 730. The molecule has 0 bridgehead atoms. The van der Waals surface area contributed by atoms with Gasteiger partial charge in [-0.3, -0.25) is 4.68 Å². The molecule has 2 rings (SSSR count). The van der Waals surface area contributed by atoms with Gasteiger partial charge < -0.3 is 15.1 Å². The van der Waals surface area contributed by atoms with E-state index in [1.165, 1.54) is 5.56 Å². The molecule has 0 unspecified atom stereocenters. The van der Waals surface area contributed by atoms with Crippen molar-refractivity contribution in [2.24, 2.45) is 12.0 Å². The number of aromatic nitrogens is 3. The number of aryl methyl sites for hydroxylation is 1. The first-order valence-electron chi connectivity index (χ1n) is 8.95. The van der Waals surface area contributed by atoms with Crippen LogP contribution in [-0.4, -0.2) is 53.3 Å². The molecule has 26 heavy (non-hydrogen) atoms. The summed E-state index contributed by atoms with van der Waals surface area (Å²) in [6, 6.07) is 0. The van der Waals surface area contributed by atoms with Gasteiger partial charge in [0.15, 0.2) is 11.1 Å². The fourth-order valence-corrected chi connectivity index (χ4v) is 3.44. The zero-order valence-electron chi connectivity index (χ0n) is 16.9. The minimum absolute atomic E-state index is 0.401. The van der Waals surface area contributed by atoms with Gasteiger partial charge in [-0.15, -0.1) is 11.3 Å². The maximum atomic E-state index is 4.76. The zero-order valence-corrected chi connectivity index (χ0v) is 17.8. The Labute approximate surface area is 160 Å². The van der Waals surface area contributed by atoms with Gasteiger partial charge in [-0.2, -0.15) is 5.10 Å². The summed E-state index contributed by atoms with van der Waals surface area (Å²) >= 11 is 1.64. The Balaban J connectivity index is 2.12. The molecule has 2 aromatic heterocycles. The van der Waals surface area contributed by atoms with E-state index in [4.69, 9.17) is 4.99 Å². The molecular weight excluding hydrogens is 346 g/mol. The molecule has 7 nitrogen and oxygen atoms in total. The highest BCUT2D eigenvalue weighted by molar-refractivity contribution is 7.13. The van der Waals surface area contributed by atoms with Gasteiger partial charge in [-0.1, -0.05) is 13.8 Å². The van der Waals surface area contributed by atoms with Crippen molar-refractivity contribution in [2.45, 2.75) is 39.8 Å². The summed E-state index contributed by atoms with van der Waals surface area (Å²) in [5.74, 6) is 1.28. The zero-order chi connectivity index (χ0) is 19.3. The van der Waals surface area contributed by atoms with Gasteiger partial charge in [0.25, 0.3) is 0 Å². The molecule has 2 heterocycles. The average Bonchev–Trinajstić information content (AvgIpc) is 3.18. The van der Waals surface area contributed by atoms with E-state index in [0.717, 1.165) is 35.6 Å². The van der Waals surface area contributed by atoms with Gasteiger partial charge in [0.05, 0.1) is 17.9 Å². The highest BCUT2D eigenvalue weighted by atomic mass is 32.1. The van der Waals surface area contributed by atoms with E-state index >= 15 is 0 Å². The van der Waals surface area contributed by atoms with Crippen molar-refractivity contribution in [3.8, 4) is 0 Å². The minimum Gasteiger partial charge on any atom is -0.357 e. The van der Waals surface area contributed by atoms with Crippen molar-refractivity contribution in [1.29, 1.82) is 0 Å². The lowest BCUT2D eigenvalue weighted by atomic mass is 10.1. The van der Waals surface area contributed by atoms with Crippen LogP contribution in [0.1, 0.15) is 43.6 Å². The maximum Gasteiger partial charge on any atom is 0.194 e. The van der Waals surface area contributed by atoms with E-state index in [1.54, 1.807) is 11.3 Å². The number of thiazole rings is 1. The third-order valence-electron chi connectivity index (χ3n) is 3.90. The van der Waals surface area contributed by atoms with Gasteiger partial charge in [0.1, 0.15) is 0 Å². The van der Waals surface area contributed by atoms with Crippen molar-refractivity contribution in [2.75, 3.05) is 32.6 Å². The van der Waals surface area contributed by atoms with Crippen LogP contribution >= 0.6 is 11.3 Å². The number of rotatable bonds is 7. The van der Waals surface area contributed by atoms with E-state index in [0.29, 0.717) is 12.5 Å². The summed E-state index contributed by atoms with van der Waals surface area (Å²) in [4.78, 5) is 13.5.